The molecule has 0 bridgehead atoms. The Hall–Kier alpha value is -1.84. The highest BCUT2D eigenvalue weighted by Crippen LogP contribution is 2.30. The molecule has 0 spiro atoms. The second kappa shape index (κ2) is 6.36. The van der Waals surface area contributed by atoms with Gasteiger partial charge in [-0.2, -0.15) is 0 Å². The van der Waals surface area contributed by atoms with Crippen LogP contribution in [0.15, 0.2) is 18.2 Å². The van der Waals surface area contributed by atoms with Gasteiger partial charge in [0, 0.05) is 11.5 Å². The fraction of sp³-hybridized carbons (Fsp3) is 0.467. The Morgan fingerprint density at radius 1 is 1.47 bits per heavy atom. The molecule has 1 aromatic carbocycles. The van der Waals surface area contributed by atoms with Crippen LogP contribution < -0.4 is 10.1 Å². The molecule has 19 heavy (non-hydrogen) atoms. The van der Waals surface area contributed by atoms with Crippen molar-refractivity contribution >= 4 is 17.9 Å². The summed E-state index contributed by atoms with van der Waals surface area (Å²) in [5.41, 5.74) is 1.13. The lowest BCUT2D eigenvalue weighted by Crippen LogP contribution is -2.28. The molecule has 0 atom stereocenters. The molecule has 0 aliphatic heterocycles. The Morgan fingerprint density at radius 2 is 2.26 bits per heavy atom. The van der Waals surface area contributed by atoms with Crippen molar-refractivity contribution in [1.29, 1.82) is 0 Å². The molecule has 102 valence electrons. The fourth-order valence-corrected chi connectivity index (χ4v) is 1.96. The van der Waals surface area contributed by atoms with E-state index in [1.807, 2.05) is 6.92 Å². The van der Waals surface area contributed by atoms with Crippen molar-refractivity contribution in [2.75, 3.05) is 11.9 Å². The van der Waals surface area contributed by atoms with E-state index in [-0.39, 0.29) is 11.8 Å². The zero-order valence-corrected chi connectivity index (χ0v) is 11.1. The summed E-state index contributed by atoms with van der Waals surface area (Å²) in [7, 11) is 0. The number of hydrogen-bond donors (Lipinski definition) is 1. The van der Waals surface area contributed by atoms with E-state index in [1.165, 1.54) is 0 Å². The average Bonchev–Trinajstić information content (AvgIpc) is 2.35. The fourth-order valence-electron chi connectivity index (χ4n) is 1.96. The van der Waals surface area contributed by atoms with Crippen LogP contribution in [0.2, 0.25) is 0 Å². The Balaban J connectivity index is 2.13. The van der Waals surface area contributed by atoms with E-state index in [1.54, 1.807) is 18.2 Å². The SMILES string of the molecule is CCCOc1ccc(C=O)cc1NC(=O)C1CCC1. The lowest BCUT2D eigenvalue weighted by Gasteiger charge is -2.24. The molecule has 2 rings (SSSR count). The molecule has 1 fully saturated rings. The van der Waals surface area contributed by atoms with Gasteiger partial charge in [-0.25, -0.2) is 0 Å². The first-order chi connectivity index (χ1) is 9.24. The van der Waals surface area contributed by atoms with Crippen molar-refractivity contribution in [3.8, 4) is 5.75 Å². The molecule has 0 heterocycles. The monoisotopic (exact) mass is 261 g/mol. The minimum atomic E-state index is 0.0237. The van der Waals surface area contributed by atoms with E-state index < -0.39 is 0 Å². The van der Waals surface area contributed by atoms with Crippen LogP contribution >= 0.6 is 0 Å². The van der Waals surface area contributed by atoms with Gasteiger partial charge < -0.3 is 10.1 Å². The Bertz CT molecular complexity index is 466. The van der Waals surface area contributed by atoms with E-state index in [9.17, 15) is 9.59 Å². The topological polar surface area (TPSA) is 55.4 Å². The van der Waals surface area contributed by atoms with Gasteiger partial charge in [-0.1, -0.05) is 13.3 Å². The van der Waals surface area contributed by atoms with Gasteiger partial charge in [0.2, 0.25) is 5.91 Å². The lowest BCUT2D eigenvalue weighted by atomic mass is 9.85. The zero-order chi connectivity index (χ0) is 13.7. The van der Waals surface area contributed by atoms with Crippen LogP contribution in [0.4, 0.5) is 5.69 Å². The summed E-state index contributed by atoms with van der Waals surface area (Å²) < 4.78 is 5.59. The third-order valence-corrected chi connectivity index (χ3v) is 3.34. The minimum absolute atomic E-state index is 0.0237. The van der Waals surface area contributed by atoms with Crippen LogP contribution in [0, 0.1) is 5.92 Å². The van der Waals surface area contributed by atoms with Crippen molar-refractivity contribution < 1.29 is 14.3 Å². The first-order valence-electron chi connectivity index (χ1n) is 6.77. The van der Waals surface area contributed by atoms with Crippen LogP contribution in [-0.4, -0.2) is 18.8 Å². The van der Waals surface area contributed by atoms with Crippen molar-refractivity contribution in [3.05, 3.63) is 23.8 Å². The lowest BCUT2D eigenvalue weighted by molar-refractivity contribution is -0.122. The van der Waals surface area contributed by atoms with Crippen LogP contribution in [0.3, 0.4) is 0 Å². The molecule has 1 aromatic rings. The Kier molecular flexibility index (Phi) is 4.55. The molecular formula is C15H19NO3. The standard InChI is InChI=1S/C15H19NO3/c1-2-8-19-14-7-6-11(10-17)9-13(14)16-15(18)12-4-3-5-12/h6-7,9-10,12H,2-5,8H2,1H3,(H,16,18). The van der Waals surface area contributed by atoms with Gasteiger partial charge in [0.05, 0.1) is 12.3 Å². The number of amides is 1. The van der Waals surface area contributed by atoms with E-state index in [0.717, 1.165) is 32.0 Å². The number of anilines is 1. The maximum atomic E-state index is 12.0. The van der Waals surface area contributed by atoms with Gasteiger partial charge in [-0.15, -0.1) is 0 Å². The highest BCUT2D eigenvalue weighted by atomic mass is 16.5. The van der Waals surface area contributed by atoms with E-state index >= 15 is 0 Å². The van der Waals surface area contributed by atoms with Crippen molar-refractivity contribution in [2.24, 2.45) is 5.92 Å². The molecule has 1 N–H and O–H groups in total. The van der Waals surface area contributed by atoms with Crippen LogP contribution in [0.5, 0.6) is 5.75 Å². The van der Waals surface area contributed by atoms with Crippen molar-refractivity contribution in [1.82, 2.24) is 0 Å². The minimum Gasteiger partial charge on any atom is -0.491 e. The van der Waals surface area contributed by atoms with Gasteiger partial charge in [-0.05, 0) is 37.5 Å². The molecule has 0 unspecified atom stereocenters. The summed E-state index contributed by atoms with van der Waals surface area (Å²) in [5.74, 6) is 0.759. The van der Waals surface area contributed by atoms with Gasteiger partial charge >= 0.3 is 0 Å². The summed E-state index contributed by atoms with van der Waals surface area (Å²) in [6.07, 6.45) is 4.68. The molecule has 0 saturated heterocycles. The maximum Gasteiger partial charge on any atom is 0.227 e. The molecule has 1 aliphatic carbocycles. The van der Waals surface area contributed by atoms with Gasteiger partial charge in [0.25, 0.3) is 0 Å². The predicted molar refractivity (Wildman–Crippen MR) is 73.6 cm³/mol. The number of benzene rings is 1. The number of aldehydes is 1. The van der Waals surface area contributed by atoms with Crippen molar-refractivity contribution in [2.45, 2.75) is 32.6 Å². The molecule has 4 heteroatoms. The molecule has 0 aromatic heterocycles. The number of nitrogens with one attached hydrogen (secondary N) is 1. The quantitative estimate of drug-likeness (QED) is 0.801. The van der Waals surface area contributed by atoms with Gasteiger partial charge in [0.1, 0.15) is 12.0 Å². The van der Waals surface area contributed by atoms with Crippen LogP contribution in [0.25, 0.3) is 0 Å². The molecule has 1 saturated carbocycles. The summed E-state index contributed by atoms with van der Waals surface area (Å²) >= 11 is 0. The second-order valence-corrected chi connectivity index (χ2v) is 4.84. The number of ether oxygens (including phenoxy) is 1. The number of carbonyl (C=O) groups is 2. The van der Waals surface area contributed by atoms with E-state index in [0.29, 0.717) is 23.6 Å². The van der Waals surface area contributed by atoms with Crippen molar-refractivity contribution in [3.63, 3.8) is 0 Å². The third kappa shape index (κ3) is 3.34. The van der Waals surface area contributed by atoms with Gasteiger partial charge in [0.15, 0.2) is 0 Å². The Labute approximate surface area is 113 Å². The molecular weight excluding hydrogens is 242 g/mol. The van der Waals surface area contributed by atoms with E-state index in [4.69, 9.17) is 4.74 Å². The zero-order valence-electron chi connectivity index (χ0n) is 11.1. The normalized spacial score (nSPS) is 14.6. The first kappa shape index (κ1) is 13.6. The smallest absolute Gasteiger partial charge is 0.227 e. The highest BCUT2D eigenvalue weighted by molar-refractivity contribution is 5.95. The molecule has 0 radical (unpaired) electrons. The summed E-state index contributed by atoms with van der Waals surface area (Å²) in [5, 5.41) is 2.87. The first-order valence-corrected chi connectivity index (χ1v) is 6.77. The molecule has 1 amide bonds. The maximum absolute atomic E-state index is 12.0. The van der Waals surface area contributed by atoms with Crippen LogP contribution in [0.1, 0.15) is 43.0 Å². The number of rotatable bonds is 6. The van der Waals surface area contributed by atoms with E-state index in [2.05, 4.69) is 5.32 Å². The number of carbonyl (C=O) groups excluding carboxylic acids is 2. The second-order valence-electron chi connectivity index (χ2n) is 4.84. The highest BCUT2D eigenvalue weighted by Gasteiger charge is 2.25. The molecule has 1 aliphatic rings. The predicted octanol–water partition coefficient (Wildman–Crippen LogP) is 3.03. The summed E-state index contributed by atoms with van der Waals surface area (Å²) in [4.78, 5) is 22.8. The average molecular weight is 261 g/mol. The number of hydrogen-bond acceptors (Lipinski definition) is 3. The Morgan fingerprint density at radius 3 is 2.84 bits per heavy atom. The molecule has 4 nitrogen and oxygen atoms in total. The largest absolute Gasteiger partial charge is 0.491 e. The van der Waals surface area contributed by atoms with Gasteiger partial charge in [-0.3, -0.25) is 9.59 Å². The summed E-state index contributed by atoms with van der Waals surface area (Å²) in [6, 6.07) is 5.08. The summed E-state index contributed by atoms with van der Waals surface area (Å²) in [6.45, 7) is 2.61. The third-order valence-electron chi connectivity index (χ3n) is 3.34. The van der Waals surface area contributed by atoms with Crippen LogP contribution in [-0.2, 0) is 4.79 Å².